The molecule has 136 valence electrons. The zero-order valence-electron chi connectivity index (χ0n) is 14.9. The highest BCUT2D eigenvalue weighted by molar-refractivity contribution is 7.13. The summed E-state index contributed by atoms with van der Waals surface area (Å²) < 4.78 is 5.93. The van der Waals surface area contributed by atoms with E-state index in [1.807, 2.05) is 23.6 Å². The smallest absolute Gasteiger partial charge is 0.274 e. The third-order valence-corrected chi connectivity index (χ3v) is 6.17. The first-order valence-electron chi connectivity index (χ1n) is 8.85. The molecule has 1 saturated heterocycles. The SMILES string of the molecule is Cc1ccc(Cl)cc1N1CC[NH+]([C@@H](C)c2nnc(-c3cccs3)o2)CC1. The molecule has 5 nitrogen and oxygen atoms in total. The second-order valence-corrected chi connectivity index (χ2v) is 8.10. The molecule has 1 aliphatic heterocycles. The first kappa shape index (κ1) is 17.5. The fourth-order valence-corrected chi connectivity index (χ4v) is 4.29. The predicted molar refractivity (Wildman–Crippen MR) is 105 cm³/mol. The number of hydrogen-bond acceptors (Lipinski definition) is 5. The van der Waals surface area contributed by atoms with Crippen molar-refractivity contribution in [3.63, 3.8) is 0 Å². The minimum absolute atomic E-state index is 0.193. The Kier molecular flexibility index (Phi) is 4.98. The Morgan fingerprint density at radius 1 is 1.23 bits per heavy atom. The number of aryl methyl sites for hydroxylation is 1. The van der Waals surface area contributed by atoms with Crippen molar-refractivity contribution in [2.24, 2.45) is 0 Å². The Labute approximate surface area is 162 Å². The summed E-state index contributed by atoms with van der Waals surface area (Å²) in [6.07, 6.45) is 0. The van der Waals surface area contributed by atoms with Crippen molar-refractivity contribution in [2.45, 2.75) is 19.9 Å². The molecule has 1 aromatic carbocycles. The summed E-state index contributed by atoms with van der Waals surface area (Å²) in [5, 5.41) is 11.3. The Bertz CT molecular complexity index is 872. The van der Waals surface area contributed by atoms with E-state index in [-0.39, 0.29) is 6.04 Å². The number of benzene rings is 1. The molecule has 0 radical (unpaired) electrons. The summed E-state index contributed by atoms with van der Waals surface area (Å²) >= 11 is 7.80. The van der Waals surface area contributed by atoms with Crippen LogP contribution in [0.15, 0.2) is 40.1 Å². The summed E-state index contributed by atoms with van der Waals surface area (Å²) in [5.41, 5.74) is 2.50. The highest BCUT2D eigenvalue weighted by atomic mass is 35.5. The van der Waals surface area contributed by atoms with Crippen LogP contribution in [0.5, 0.6) is 0 Å². The maximum atomic E-state index is 6.18. The average Bonchev–Trinajstić information content (AvgIpc) is 3.35. The largest absolute Gasteiger partial charge is 0.414 e. The second-order valence-electron chi connectivity index (χ2n) is 6.72. The summed E-state index contributed by atoms with van der Waals surface area (Å²) in [6, 6.07) is 10.3. The molecule has 7 heteroatoms. The molecule has 26 heavy (non-hydrogen) atoms. The minimum Gasteiger partial charge on any atom is -0.414 e. The van der Waals surface area contributed by atoms with Crippen molar-refractivity contribution < 1.29 is 9.32 Å². The lowest BCUT2D eigenvalue weighted by Gasteiger charge is -2.36. The number of aromatic nitrogens is 2. The number of rotatable bonds is 4. The van der Waals surface area contributed by atoms with E-state index in [2.05, 4.69) is 41.1 Å². The van der Waals surface area contributed by atoms with E-state index in [0.717, 1.165) is 42.0 Å². The van der Waals surface area contributed by atoms with Crippen molar-refractivity contribution in [3.05, 3.63) is 52.2 Å². The molecule has 3 aromatic rings. The van der Waals surface area contributed by atoms with Crippen molar-refractivity contribution >= 4 is 28.6 Å². The molecule has 0 saturated carbocycles. The van der Waals surface area contributed by atoms with Crippen LogP contribution in [0.4, 0.5) is 5.69 Å². The normalized spacial score (nSPS) is 16.8. The van der Waals surface area contributed by atoms with E-state index in [0.29, 0.717) is 5.89 Å². The fourth-order valence-electron chi connectivity index (χ4n) is 3.48. The molecule has 1 fully saturated rings. The molecule has 1 aliphatic rings. The highest BCUT2D eigenvalue weighted by Gasteiger charge is 2.29. The van der Waals surface area contributed by atoms with Gasteiger partial charge in [-0.05, 0) is 43.0 Å². The Balaban J connectivity index is 1.42. The van der Waals surface area contributed by atoms with Gasteiger partial charge in [0, 0.05) is 10.7 Å². The Morgan fingerprint density at radius 2 is 2.04 bits per heavy atom. The average molecular weight is 390 g/mol. The number of piperazine rings is 1. The fraction of sp³-hybridized carbons (Fsp3) is 0.368. The lowest BCUT2D eigenvalue weighted by atomic mass is 10.1. The van der Waals surface area contributed by atoms with Crippen LogP contribution >= 0.6 is 22.9 Å². The molecule has 2 aromatic heterocycles. The number of thiophene rings is 1. The zero-order chi connectivity index (χ0) is 18.1. The van der Waals surface area contributed by atoms with Crippen molar-refractivity contribution in [1.29, 1.82) is 0 Å². The molecule has 1 atom stereocenters. The third-order valence-electron chi connectivity index (χ3n) is 5.07. The van der Waals surface area contributed by atoms with Gasteiger partial charge in [-0.1, -0.05) is 23.7 Å². The van der Waals surface area contributed by atoms with Crippen LogP contribution in [0.3, 0.4) is 0 Å². The number of hydrogen-bond donors (Lipinski definition) is 1. The predicted octanol–water partition coefficient (Wildman–Crippen LogP) is 3.23. The van der Waals surface area contributed by atoms with E-state index >= 15 is 0 Å². The van der Waals surface area contributed by atoms with Crippen LogP contribution in [0, 0.1) is 6.92 Å². The first-order valence-corrected chi connectivity index (χ1v) is 10.1. The summed E-state index contributed by atoms with van der Waals surface area (Å²) in [7, 11) is 0. The maximum Gasteiger partial charge on any atom is 0.274 e. The van der Waals surface area contributed by atoms with Gasteiger partial charge >= 0.3 is 0 Å². The van der Waals surface area contributed by atoms with E-state index in [9.17, 15) is 0 Å². The lowest BCUT2D eigenvalue weighted by Crippen LogP contribution is -3.14. The summed E-state index contributed by atoms with van der Waals surface area (Å²) in [6.45, 7) is 8.35. The minimum atomic E-state index is 0.193. The zero-order valence-corrected chi connectivity index (χ0v) is 16.5. The Morgan fingerprint density at radius 3 is 2.77 bits per heavy atom. The molecule has 0 amide bonds. The molecular weight excluding hydrogens is 368 g/mol. The number of anilines is 1. The molecular formula is C19H22ClN4OS+. The van der Waals surface area contributed by atoms with E-state index in [1.54, 1.807) is 11.3 Å². The standard InChI is InChI=1S/C19H21ClN4OS/c1-13-5-6-15(20)12-16(13)24-9-7-23(8-10-24)14(2)18-21-22-19(25-18)17-4-3-11-26-17/h3-6,11-12,14H,7-10H2,1-2H3/p+1/t14-/m0/s1. The number of halogens is 1. The molecule has 1 N–H and O–H groups in total. The van der Waals surface area contributed by atoms with Gasteiger partial charge in [-0.3, -0.25) is 0 Å². The topological polar surface area (TPSA) is 46.6 Å². The molecule has 0 unspecified atom stereocenters. The van der Waals surface area contributed by atoms with Crippen LogP contribution in [0.2, 0.25) is 5.02 Å². The van der Waals surface area contributed by atoms with Gasteiger partial charge in [-0.15, -0.1) is 21.5 Å². The third kappa shape index (κ3) is 3.49. The quantitative estimate of drug-likeness (QED) is 0.744. The molecule has 0 bridgehead atoms. The summed E-state index contributed by atoms with van der Waals surface area (Å²) in [4.78, 5) is 4.91. The van der Waals surface area contributed by atoms with Gasteiger partial charge in [0.1, 0.15) is 0 Å². The van der Waals surface area contributed by atoms with Gasteiger partial charge in [-0.2, -0.15) is 0 Å². The Hall–Kier alpha value is -1.89. The van der Waals surface area contributed by atoms with Crippen molar-refractivity contribution in [1.82, 2.24) is 10.2 Å². The van der Waals surface area contributed by atoms with Gasteiger partial charge in [0.05, 0.1) is 31.1 Å². The second kappa shape index (κ2) is 7.39. The van der Waals surface area contributed by atoms with Gasteiger partial charge in [-0.25, -0.2) is 0 Å². The van der Waals surface area contributed by atoms with Crippen LogP contribution in [-0.2, 0) is 0 Å². The van der Waals surface area contributed by atoms with E-state index in [1.165, 1.54) is 16.2 Å². The molecule has 3 heterocycles. The van der Waals surface area contributed by atoms with E-state index in [4.69, 9.17) is 16.0 Å². The van der Waals surface area contributed by atoms with Crippen molar-refractivity contribution in [3.8, 4) is 10.8 Å². The van der Waals surface area contributed by atoms with Gasteiger partial charge in [0.2, 0.25) is 0 Å². The van der Waals surface area contributed by atoms with Crippen LogP contribution in [-0.4, -0.2) is 36.4 Å². The molecule has 0 spiro atoms. The van der Waals surface area contributed by atoms with E-state index < -0.39 is 0 Å². The summed E-state index contributed by atoms with van der Waals surface area (Å²) in [5.74, 6) is 1.34. The lowest BCUT2D eigenvalue weighted by molar-refractivity contribution is -0.931. The number of nitrogens with one attached hydrogen (secondary N) is 1. The van der Waals surface area contributed by atoms with Crippen LogP contribution in [0.25, 0.3) is 10.8 Å². The number of quaternary nitrogens is 1. The molecule has 0 aliphatic carbocycles. The highest BCUT2D eigenvalue weighted by Crippen LogP contribution is 2.25. The van der Waals surface area contributed by atoms with Crippen LogP contribution in [0.1, 0.15) is 24.4 Å². The van der Waals surface area contributed by atoms with Gasteiger partial charge in [0.15, 0.2) is 6.04 Å². The maximum absolute atomic E-state index is 6.18. The monoisotopic (exact) mass is 389 g/mol. The molecule has 4 rings (SSSR count). The van der Waals surface area contributed by atoms with Gasteiger partial charge in [0.25, 0.3) is 11.8 Å². The number of nitrogens with zero attached hydrogens (tertiary/aromatic N) is 3. The van der Waals surface area contributed by atoms with Gasteiger partial charge < -0.3 is 14.2 Å². The first-order chi connectivity index (χ1) is 12.6. The van der Waals surface area contributed by atoms with Crippen molar-refractivity contribution in [2.75, 3.05) is 31.1 Å². The van der Waals surface area contributed by atoms with Crippen LogP contribution < -0.4 is 9.80 Å².